The van der Waals surface area contributed by atoms with Gasteiger partial charge in [0, 0.05) is 33.1 Å². The molecule has 0 saturated heterocycles. The number of rotatable bonds is 13. The summed E-state index contributed by atoms with van der Waals surface area (Å²) in [6, 6.07) is 20.9. The highest BCUT2D eigenvalue weighted by Gasteiger charge is 2.35. The van der Waals surface area contributed by atoms with E-state index < -0.39 is 34.5 Å². The van der Waals surface area contributed by atoms with Gasteiger partial charge < -0.3 is 10.2 Å². The minimum Gasteiger partial charge on any atom is -0.352 e. The molecule has 2 amide bonds. The summed E-state index contributed by atoms with van der Waals surface area (Å²) in [6.07, 6.45) is 0.937. The zero-order chi connectivity index (χ0) is 30.2. The summed E-state index contributed by atoms with van der Waals surface area (Å²) >= 11 is 0. The maximum Gasteiger partial charge on any atom is 0.304 e. The van der Waals surface area contributed by atoms with Crippen molar-refractivity contribution in [1.29, 1.82) is 0 Å². The van der Waals surface area contributed by atoms with Crippen molar-refractivity contribution in [3.05, 3.63) is 101 Å². The molecular formula is C31H39FN4O4S. The smallest absolute Gasteiger partial charge is 0.304 e. The van der Waals surface area contributed by atoms with E-state index >= 15 is 0 Å². The van der Waals surface area contributed by atoms with Gasteiger partial charge in [-0.3, -0.25) is 9.59 Å². The second-order valence-corrected chi connectivity index (χ2v) is 12.4. The van der Waals surface area contributed by atoms with E-state index in [0.717, 1.165) is 37.4 Å². The fraction of sp³-hybridized carbons (Fsp3) is 0.355. The summed E-state index contributed by atoms with van der Waals surface area (Å²) in [4.78, 5) is 29.4. The van der Waals surface area contributed by atoms with E-state index in [-0.39, 0.29) is 30.6 Å². The first kappa shape index (κ1) is 31.8. The molecule has 0 aliphatic rings. The number of halogens is 1. The fourth-order valence-corrected chi connectivity index (χ4v) is 5.38. The van der Waals surface area contributed by atoms with Gasteiger partial charge in [0.25, 0.3) is 0 Å². The predicted octanol–water partition coefficient (Wildman–Crippen LogP) is 4.30. The quantitative estimate of drug-likeness (QED) is 0.326. The molecule has 0 aliphatic carbocycles. The molecule has 0 fully saturated rings. The molecule has 2 unspecified atom stereocenters. The van der Waals surface area contributed by atoms with Crippen molar-refractivity contribution in [1.82, 2.24) is 14.5 Å². The molecule has 2 atom stereocenters. The number of benzene rings is 3. The molecule has 0 aromatic heterocycles. The van der Waals surface area contributed by atoms with Crippen LogP contribution in [0, 0.1) is 12.7 Å². The standard InChI is InChI=1S/C31H39FN4O4S/c1-6-24(3)33-31(38)29(20-25-12-8-7-9-13-25)35(21-26-14-10-11-23(2)19-26)30(37)22-36(41(39,40)34(4)5)28-17-15-27(32)16-18-28/h7-19,24,29H,6,20-22H2,1-5H3,(H,33,38). The second-order valence-electron chi connectivity index (χ2n) is 10.3. The summed E-state index contributed by atoms with van der Waals surface area (Å²) in [5, 5.41) is 3.01. The molecule has 10 heteroatoms. The SMILES string of the molecule is CCC(C)NC(=O)C(Cc1ccccc1)N(Cc1cccc(C)c1)C(=O)CN(c1ccc(F)cc1)S(=O)(=O)N(C)C. The molecule has 0 radical (unpaired) electrons. The Kier molecular flexibility index (Phi) is 11.0. The molecular weight excluding hydrogens is 543 g/mol. The van der Waals surface area contributed by atoms with Gasteiger partial charge in [0.15, 0.2) is 0 Å². The van der Waals surface area contributed by atoms with Gasteiger partial charge in [0.1, 0.15) is 18.4 Å². The highest BCUT2D eigenvalue weighted by atomic mass is 32.2. The Balaban J connectivity index is 2.09. The molecule has 0 heterocycles. The van der Waals surface area contributed by atoms with Gasteiger partial charge in [-0.15, -0.1) is 0 Å². The van der Waals surface area contributed by atoms with Crippen LogP contribution in [0.3, 0.4) is 0 Å². The summed E-state index contributed by atoms with van der Waals surface area (Å²) in [5.74, 6) is -1.43. The third-order valence-corrected chi connectivity index (χ3v) is 8.66. The van der Waals surface area contributed by atoms with Crippen LogP contribution in [0.2, 0.25) is 0 Å². The van der Waals surface area contributed by atoms with Gasteiger partial charge in [-0.1, -0.05) is 67.1 Å². The summed E-state index contributed by atoms with van der Waals surface area (Å²) < 4.78 is 42.4. The number of carbonyl (C=O) groups is 2. The first-order valence-electron chi connectivity index (χ1n) is 13.6. The monoisotopic (exact) mass is 582 g/mol. The number of hydrogen-bond acceptors (Lipinski definition) is 4. The Bertz CT molecular complexity index is 1420. The molecule has 220 valence electrons. The van der Waals surface area contributed by atoms with Crippen LogP contribution in [-0.2, 0) is 32.8 Å². The van der Waals surface area contributed by atoms with Gasteiger partial charge in [-0.2, -0.15) is 12.7 Å². The Hall–Kier alpha value is -3.76. The molecule has 3 rings (SSSR count). The van der Waals surface area contributed by atoms with Crippen LogP contribution >= 0.6 is 0 Å². The molecule has 0 aliphatic heterocycles. The molecule has 1 N–H and O–H groups in total. The van der Waals surface area contributed by atoms with Crippen molar-refractivity contribution < 1.29 is 22.4 Å². The highest BCUT2D eigenvalue weighted by Crippen LogP contribution is 2.22. The Morgan fingerprint density at radius 2 is 1.56 bits per heavy atom. The Morgan fingerprint density at radius 1 is 0.927 bits per heavy atom. The van der Waals surface area contributed by atoms with Crippen molar-refractivity contribution in [2.24, 2.45) is 0 Å². The largest absolute Gasteiger partial charge is 0.352 e. The van der Waals surface area contributed by atoms with Crippen molar-refractivity contribution in [2.75, 3.05) is 24.9 Å². The van der Waals surface area contributed by atoms with Crippen molar-refractivity contribution >= 4 is 27.7 Å². The van der Waals surface area contributed by atoms with E-state index in [0.29, 0.717) is 6.42 Å². The normalized spacial score (nSPS) is 13.0. The molecule has 3 aromatic rings. The average molecular weight is 583 g/mol. The third kappa shape index (κ3) is 8.61. The molecule has 0 spiro atoms. The lowest BCUT2D eigenvalue weighted by atomic mass is 10.0. The van der Waals surface area contributed by atoms with E-state index in [9.17, 15) is 22.4 Å². The number of nitrogens with one attached hydrogen (secondary N) is 1. The highest BCUT2D eigenvalue weighted by molar-refractivity contribution is 7.90. The first-order chi connectivity index (χ1) is 19.4. The lowest BCUT2D eigenvalue weighted by Gasteiger charge is -2.35. The van der Waals surface area contributed by atoms with Crippen LogP contribution in [0.1, 0.15) is 37.0 Å². The number of aryl methyl sites for hydroxylation is 1. The first-order valence-corrected chi connectivity index (χ1v) is 15.0. The number of carbonyl (C=O) groups excluding carboxylic acids is 2. The third-order valence-electron chi connectivity index (χ3n) is 6.84. The Morgan fingerprint density at radius 3 is 2.15 bits per heavy atom. The number of amides is 2. The van der Waals surface area contributed by atoms with Crippen LogP contribution < -0.4 is 9.62 Å². The van der Waals surface area contributed by atoms with Crippen molar-refractivity contribution in [3.63, 3.8) is 0 Å². The van der Waals surface area contributed by atoms with E-state index in [4.69, 9.17) is 0 Å². The molecule has 0 saturated carbocycles. The Labute approximate surface area is 243 Å². The number of hydrogen-bond donors (Lipinski definition) is 1. The van der Waals surface area contributed by atoms with E-state index in [2.05, 4.69) is 5.32 Å². The van der Waals surface area contributed by atoms with Gasteiger partial charge in [0.05, 0.1) is 5.69 Å². The second kappa shape index (κ2) is 14.2. The predicted molar refractivity (Wildman–Crippen MR) is 160 cm³/mol. The maximum atomic E-state index is 14.2. The van der Waals surface area contributed by atoms with Crippen LogP contribution in [0.5, 0.6) is 0 Å². The molecule has 8 nitrogen and oxygen atoms in total. The summed E-state index contributed by atoms with van der Waals surface area (Å²) in [6.45, 7) is 5.29. The van der Waals surface area contributed by atoms with Crippen molar-refractivity contribution in [3.8, 4) is 0 Å². The average Bonchev–Trinajstić information content (AvgIpc) is 2.94. The number of anilines is 1. The minimum atomic E-state index is -4.14. The summed E-state index contributed by atoms with van der Waals surface area (Å²) in [7, 11) is -1.43. The molecule has 41 heavy (non-hydrogen) atoms. The van der Waals surface area contributed by atoms with Crippen LogP contribution in [0.4, 0.5) is 10.1 Å². The van der Waals surface area contributed by atoms with E-state index in [1.54, 1.807) is 0 Å². The van der Waals surface area contributed by atoms with Crippen LogP contribution in [-0.4, -0.2) is 62.2 Å². The zero-order valence-electron chi connectivity index (χ0n) is 24.2. The summed E-state index contributed by atoms with van der Waals surface area (Å²) in [5.41, 5.74) is 2.78. The zero-order valence-corrected chi connectivity index (χ0v) is 25.1. The van der Waals surface area contributed by atoms with Crippen LogP contribution in [0.15, 0.2) is 78.9 Å². The lowest BCUT2D eigenvalue weighted by molar-refractivity contribution is -0.140. The van der Waals surface area contributed by atoms with E-state index in [1.807, 2.05) is 75.4 Å². The van der Waals surface area contributed by atoms with Gasteiger partial charge in [-0.25, -0.2) is 8.70 Å². The molecule has 3 aromatic carbocycles. The van der Waals surface area contributed by atoms with Gasteiger partial charge >= 0.3 is 10.2 Å². The maximum absolute atomic E-state index is 14.2. The van der Waals surface area contributed by atoms with E-state index in [1.165, 1.54) is 31.1 Å². The molecule has 0 bridgehead atoms. The number of nitrogens with zero attached hydrogens (tertiary/aromatic N) is 3. The van der Waals surface area contributed by atoms with Crippen LogP contribution in [0.25, 0.3) is 0 Å². The minimum absolute atomic E-state index is 0.0885. The topological polar surface area (TPSA) is 90.0 Å². The van der Waals surface area contributed by atoms with Gasteiger partial charge in [-0.05, 0) is 55.7 Å². The lowest BCUT2D eigenvalue weighted by Crippen LogP contribution is -2.55. The van der Waals surface area contributed by atoms with Gasteiger partial charge in [0.2, 0.25) is 11.8 Å². The fourth-order valence-electron chi connectivity index (χ4n) is 4.33. The van der Waals surface area contributed by atoms with Crippen molar-refractivity contribution in [2.45, 2.75) is 52.2 Å².